The molecule has 2 aliphatic heterocycles. The van der Waals surface area contributed by atoms with Crippen molar-refractivity contribution in [1.29, 1.82) is 0 Å². The van der Waals surface area contributed by atoms with E-state index in [1.807, 2.05) is 36.4 Å². The number of carbonyl (C=O) groups excluding carboxylic acids is 1. The van der Waals surface area contributed by atoms with E-state index in [1.54, 1.807) is 17.0 Å². The minimum Gasteiger partial charge on any atom is -0.454 e. The molecule has 2 aromatic carbocycles. The smallest absolute Gasteiger partial charge is 0.266 e. The van der Waals surface area contributed by atoms with Gasteiger partial charge in [-0.15, -0.1) is 0 Å². The van der Waals surface area contributed by atoms with Crippen molar-refractivity contribution in [1.82, 2.24) is 4.90 Å². The summed E-state index contributed by atoms with van der Waals surface area (Å²) in [6.45, 7) is 0.613. The molecule has 0 aromatic heterocycles. The fourth-order valence-corrected chi connectivity index (χ4v) is 4.03. The summed E-state index contributed by atoms with van der Waals surface area (Å²) in [4.78, 5) is 14.9. The van der Waals surface area contributed by atoms with E-state index in [-0.39, 0.29) is 12.7 Å². The van der Waals surface area contributed by atoms with Crippen LogP contribution >= 0.6 is 35.6 Å². The SMILES string of the molecule is O=C1/C(=C\c2ccccc2Cl)SC(=S)N1Cc1ccc2c(c1)OCO2. The molecule has 1 saturated heterocycles. The van der Waals surface area contributed by atoms with Gasteiger partial charge in [0.2, 0.25) is 6.79 Å². The normalized spacial score (nSPS) is 17.6. The number of thiocarbonyl (C=S) groups is 1. The summed E-state index contributed by atoms with van der Waals surface area (Å²) in [6, 6.07) is 13.0. The molecule has 0 atom stereocenters. The van der Waals surface area contributed by atoms with Crippen molar-refractivity contribution in [2.45, 2.75) is 6.54 Å². The van der Waals surface area contributed by atoms with E-state index in [1.165, 1.54) is 11.8 Å². The van der Waals surface area contributed by atoms with Crippen LogP contribution in [0.5, 0.6) is 11.5 Å². The summed E-state index contributed by atoms with van der Waals surface area (Å²) in [7, 11) is 0. The van der Waals surface area contributed by atoms with Gasteiger partial charge in [-0.05, 0) is 35.4 Å². The Morgan fingerprint density at radius 2 is 2.00 bits per heavy atom. The summed E-state index contributed by atoms with van der Waals surface area (Å²) in [5.41, 5.74) is 1.73. The third-order valence-corrected chi connectivity index (χ3v) is 5.57. The number of halogens is 1. The molecule has 0 unspecified atom stereocenters. The molecule has 7 heteroatoms. The van der Waals surface area contributed by atoms with Crippen molar-refractivity contribution >= 4 is 51.9 Å². The number of hydrogen-bond acceptors (Lipinski definition) is 5. The monoisotopic (exact) mass is 389 g/mol. The van der Waals surface area contributed by atoms with Crippen LogP contribution in [-0.2, 0) is 11.3 Å². The van der Waals surface area contributed by atoms with Crippen molar-refractivity contribution < 1.29 is 14.3 Å². The zero-order valence-corrected chi connectivity index (χ0v) is 15.3. The standard InChI is InChI=1S/C18H12ClNO3S2/c19-13-4-2-1-3-12(13)8-16-17(21)20(18(24)25-16)9-11-5-6-14-15(7-11)23-10-22-14/h1-8H,9-10H2/b16-8+. The van der Waals surface area contributed by atoms with E-state index in [9.17, 15) is 4.79 Å². The van der Waals surface area contributed by atoms with Crippen LogP contribution in [0.3, 0.4) is 0 Å². The van der Waals surface area contributed by atoms with E-state index in [4.69, 9.17) is 33.3 Å². The molecule has 1 fully saturated rings. The minimum absolute atomic E-state index is 0.118. The van der Waals surface area contributed by atoms with E-state index in [0.29, 0.717) is 32.3 Å². The maximum atomic E-state index is 12.7. The Labute approximate surface area is 159 Å². The molecule has 1 amide bonds. The number of thioether (sulfide) groups is 1. The van der Waals surface area contributed by atoms with Gasteiger partial charge >= 0.3 is 0 Å². The van der Waals surface area contributed by atoms with Gasteiger partial charge in [-0.2, -0.15) is 0 Å². The van der Waals surface area contributed by atoms with E-state index < -0.39 is 0 Å². The number of rotatable bonds is 3. The Balaban J connectivity index is 1.56. The highest BCUT2D eigenvalue weighted by molar-refractivity contribution is 8.26. The maximum absolute atomic E-state index is 12.7. The molecule has 0 spiro atoms. The number of carbonyl (C=O) groups is 1. The Morgan fingerprint density at radius 3 is 2.84 bits per heavy atom. The molecule has 0 radical (unpaired) electrons. The van der Waals surface area contributed by atoms with Gasteiger partial charge in [-0.25, -0.2) is 0 Å². The van der Waals surface area contributed by atoms with Crippen molar-refractivity contribution in [3.8, 4) is 11.5 Å². The second kappa shape index (κ2) is 6.71. The van der Waals surface area contributed by atoms with Crippen LogP contribution in [0, 0.1) is 0 Å². The molecule has 4 rings (SSSR count). The van der Waals surface area contributed by atoms with Crippen molar-refractivity contribution in [3.05, 3.63) is 63.5 Å². The first-order valence-corrected chi connectivity index (χ1v) is 9.10. The van der Waals surface area contributed by atoms with Gasteiger partial charge in [-0.3, -0.25) is 9.69 Å². The molecule has 0 saturated carbocycles. The van der Waals surface area contributed by atoms with E-state index in [2.05, 4.69) is 0 Å². The fourth-order valence-electron chi connectivity index (χ4n) is 2.59. The van der Waals surface area contributed by atoms with Gasteiger partial charge in [0, 0.05) is 5.02 Å². The molecule has 2 aliphatic rings. The van der Waals surface area contributed by atoms with Gasteiger partial charge in [0.1, 0.15) is 4.32 Å². The Kier molecular flexibility index (Phi) is 4.41. The molecule has 2 heterocycles. The predicted molar refractivity (Wildman–Crippen MR) is 103 cm³/mol. The third-order valence-electron chi connectivity index (χ3n) is 3.84. The lowest BCUT2D eigenvalue weighted by Gasteiger charge is -2.14. The van der Waals surface area contributed by atoms with Gasteiger partial charge < -0.3 is 9.47 Å². The van der Waals surface area contributed by atoms with Gasteiger partial charge in [-0.1, -0.05) is 59.8 Å². The van der Waals surface area contributed by atoms with Gasteiger partial charge in [0.05, 0.1) is 11.4 Å². The third kappa shape index (κ3) is 3.25. The molecule has 0 aliphatic carbocycles. The van der Waals surface area contributed by atoms with Crippen LogP contribution in [0.1, 0.15) is 11.1 Å². The lowest BCUT2D eigenvalue weighted by atomic mass is 10.2. The second-order valence-corrected chi connectivity index (χ2v) is 7.56. The maximum Gasteiger partial charge on any atom is 0.266 e. The first kappa shape index (κ1) is 16.4. The fraction of sp³-hybridized carbons (Fsp3) is 0.111. The van der Waals surface area contributed by atoms with Crippen LogP contribution < -0.4 is 9.47 Å². The summed E-state index contributed by atoms with van der Waals surface area (Å²) in [6.07, 6.45) is 1.78. The lowest BCUT2D eigenvalue weighted by molar-refractivity contribution is -0.122. The number of amides is 1. The summed E-state index contributed by atoms with van der Waals surface area (Å²) in [5, 5.41) is 0.600. The van der Waals surface area contributed by atoms with Crippen LogP contribution in [0.25, 0.3) is 6.08 Å². The number of hydrogen-bond donors (Lipinski definition) is 0. The van der Waals surface area contributed by atoms with Gasteiger partial charge in [0.25, 0.3) is 5.91 Å². The molecule has 25 heavy (non-hydrogen) atoms. The average molecular weight is 390 g/mol. The average Bonchev–Trinajstić information content (AvgIpc) is 3.17. The van der Waals surface area contributed by atoms with Crippen molar-refractivity contribution in [3.63, 3.8) is 0 Å². The Morgan fingerprint density at radius 1 is 1.20 bits per heavy atom. The summed E-state index contributed by atoms with van der Waals surface area (Å²) < 4.78 is 11.2. The molecule has 126 valence electrons. The van der Waals surface area contributed by atoms with Gasteiger partial charge in [0.15, 0.2) is 11.5 Å². The van der Waals surface area contributed by atoms with Crippen LogP contribution in [0.15, 0.2) is 47.4 Å². The molecular weight excluding hydrogens is 378 g/mol. The molecule has 4 nitrogen and oxygen atoms in total. The topological polar surface area (TPSA) is 38.8 Å². The molecule has 2 aromatic rings. The van der Waals surface area contributed by atoms with E-state index in [0.717, 1.165) is 11.1 Å². The molecule has 0 N–H and O–H groups in total. The lowest BCUT2D eigenvalue weighted by Crippen LogP contribution is -2.27. The number of benzene rings is 2. The first-order chi connectivity index (χ1) is 12.1. The molecular formula is C18H12ClNO3S2. The van der Waals surface area contributed by atoms with E-state index >= 15 is 0 Å². The zero-order chi connectivity index (χ0) is 17.4. The molecule has 0 bridgehead atoms. The first-order valence-electron chi connectivity index (χ1n) is 7.50. The van der Waals surface area contributed by atoms with Crippen LogP contribution in [-0.4, -0.2) is 21.9 Å². The largest absolute Gasteiger partial charge is 0.454 e. The highest BCUT2D eigenvalue weighted by Gasteiger charge is 2.32. The number of fused-ring (bicyclic) bond motifs is 1. The quantitative estimate of drug-likeness (QED) is 0.572. The Hall–Kier alpha value is -2.02. The van der Waals surface area contributed by atoms with Crippen molar-refractivity contribution in [2.75, 3.05) is 6.79 Å². The highest BCUT2D eigenvalue weighted by Crippen LogP contribution is 2.36. The second-order valence-electron chi connectivity index (χ2n) is 5.48. The zero-order valence-electron chi connectivity index (χ0n) is 12.9. The number of nitrogens with zero attached hydrogens (tertiary/aromatic N) is 1. The van der Waals surface area contributed by atoms with Crippen molar-refractivity contribution in [2.24, 2.45) is 0 Å². The minimum atomic E-state index is -0.118. The van der Waals surface area contributed by atoms with Crippen LogP contribution in [0.4, 0.5) is 0 Å². The summed E-state index contributed by atoms with van der Waals surface area (Å²) >= 11 is 12.8. The highest BCUT2D eigenvalue weighted by atomic mass is 35.5. The predicted octanol–water partition coefficient (Wildman–Crippen LogP) is 4.47. The Bertz CT molecular complexity index is 913. The van der Waals surface area contributed by atoms with Crippen LogP contribution in [0.2, 0.25) is 5.02 Å². The summed E-state index contributed by atoms with van der Waals surface area (Å²) in [5.74, 6) is 1.29. The number of ether oxygens (including phenoxy) is 2.